The number of thioether (sulfide) groups is 1. The van der Waals surface area contributed by atoms with Crippen molar-refractivity contribution in [1.29, 1.82) is 0 Å². The summed E-state index contributed by atoms with van der Waals surface area (Å²) in [5.74, 6) is 1.79. The molecule has 0 unspecified atom stereocenters. The second-order valence-corrected chi connectivity index (χ2v) is 8.18. The van der Waals surface area contributed by atoms with Crippen molar-refractivity contribution in [2.24, 2.45) is 0 Å². The average Bonchev–Trinajstić information content (AvgIpc) is 3.26. The number of carbonyl (C=O) groups excluding carboxylic acids is 1. The number of methoxy groups -OCH3 is 1. The topological polar surface area (TPSA) is 78.3 Å². The first-order valence-corrected chi connectivity index (χ1v) is 11.4. The van der Waals surface area contributed by atoms with Crippen LogP contribution in [-0.2, 0) is 11.4 Å². The molecular formula is C24H21ClN4O3S. The van der Waals surface area contributed by atoms with Crippen LogP contribution in [0.1, 0.15) is 5.82 Å². The highest BCUT2D eigenvalue weighted by atomic mass is 35.5. The van der Waals surface area contributed by atoms with Crippen LogP contribution in [0.3, 0.4) is 0 Å². The molecule has 7 nitrogen and oxygen atoms in total. The highest BCUT2D eigenvalue weighted by molar-refractivity contribution is 7.99. The van der Waals surface area contributed by atoms with E-state index in [0.717, 1.165) is 5.69 Å². The molecule has 4 rings (SSSR count). The number of nitrogens with zero attached hydrogens (tertiary/aromatic N) is 3. The zero-order chi connectivity index (χ0) is 23.0. The lowest BCUT2D eigenvalue weighted by Crippen LogP contribution is -2.15. The number of hydrogen-bond donors (Lipinski definition) is 1. The summed E-state index contributed by atoms with van der Waals surface area (Å²) in [4.78, 5) is 12.5. The zero-order valence-electron chi connectivity index (χ0n) is 17.8. The number of amides is 1. The maximum atomic E-state index is 12.5. The quantitative estimate of drug-likeness (QED) is 0.330. The number of aromatic nitrogens is 3. The summed E-state index contributed by atoms with van der Waals surface area (Å²) in [5.41, 5.74) is 1.44. The van der Waals surface area contributed by atoms with Gasteiger partial charge < -0.3 is 14.8 Å². The molecule has 168 valence electrons. The van der Waals surface area contributed by atoms with Crippen LogP contribution in [-0.4, -0.2) is 33.5 Å². The Kier molecular flexibility index (Phi) is 7.49. The van der Waals surface area contributed by atoms with Crippen molar-refractivity contribution >= 4 is 35.0 Å². The van der Waals surface area contributed by atoms with Gasteiger partial charge in [-0.3, -0.25) is 9.36 Å². The van der Waals surface area contributed by atoms with Crippen molar-refractivity contribution in [2.45, 2.75) is 11.8 Å². The fourth-order valence-corrected chi connectivity index (χ4v) is 4.04. The predicted molar refractivity (Wildman–Crippen MR) is 129 cm³/mol. The van der Waals surface area contributed by atoms with Crippen LogP contribution in [0, 0.1) is 0 Å². The smallest absolute Gasteiger partial charge is 0.234 e. The van der Waals surface area contributed by atoms with E-state index in [9.17, 15) is 4.79 Å². The van der Waals surface area contributed by atoms with Crippen molar-refractivity contribution in [3.05, 3.63) is 89.7 Å². The monoisotopic (exact) mass is 480 g/mol. The van der Waals surface area contributed by atoms with Crippen LogP contribution in [0.4, 0.5) is 5.69 Å². The molecule has 1 N–H and O–H groups in total. The SMILES string of the molecule is COc1ccccc1OCc1nnc(SCC(=O)Nc2ccccc2Cl)n1-c1ccccc1. The molecule has 0 spiro atoms. The number of benzene rings is 3. The highest BCUT2D eigenvalue weighted by Gasteiger charge is 2.17. The third-order valence-corrected chi connectivity index (χ3v) is 5.88. The van der Waals surface area contributed by atoms with Gasteiger partial charge in [-0.2, -0.15) is 0 Å². The lowest BCUT2D eigenvalue weighted by molar-refractivity contribution is -0.113. The van der Waals surface area contributed by atoms with Crippen LogP contribution in [0.2, 0.25) is 5.02 Å². The lowest BCUT2D eigenvalue weighted by atomic mass is 10.3. The van der Waals surface area contributed by atoms with Crippen LogP contribution < -0.4 is 14.8 Å². The fraction of sp³-hybridized carbons (Fsp3) is 0.125. The van der Waals surface area contributed by atoms with Crippen LogP contribution in [0.5, 0.6) is 11.5 Å². The molecule has 0 radical (unpaired) electrons. The van der Waals surface area contributed by atoms with Gasteiger partial charge in [0.25, 0.3) is 0 Å². The minimum atomic E-state index is -0.192. The Morgan fingerprint density at radius 3 is 2.42 bits per heavy atom. The van der Waals surface area contributed by atoms with E-state index in [4.69, 9.17) is 21.1 Å². The summed E-state index contributed by atoms with van der Waals surface area (Å²) in [6.45, 7) is 0.175. The normalized spacial score (nSPS) is 10.6. The van der Waals surface area contributed by atoms with Crippen LogP contribution in [0.15, 0.2) is 84.0 Å². The molecule has 1 amide bonds. The Morgan fingerprint density at radius 2 is 1.67 bits per heavy atom. The molecule has 9 heteroatoms. The minimum Gasteiger partial charge on any atom is -0.493 e. The number of ether oxygens (including phenoxy) is 2. The van der Waals surface area contributed by atoms with Gasteiger partial charge in [-0.05, 0) is 36.4 Å². The molecule has 0 bridgehead atoms. The maximum Gasteiger partial charge on any atom is 0.234 e. The summed E-state index contributed by atoms with van der Waals surface area (Å²) in [5, 5.41) is 12.5. The van der Waals surface area contributed by atoms with Crippen molar-refractivity contribution in [1.82, 2.24) is 14.8 Å². The van der Waals surface area contributed by atoms with Gasteiger partial charge in [0.2, 0.25) is 5.91 Å². The first-order valence-electron chi connectivity index (χ1n) is 10.1. The molecule has 0 aliphatic heterocycles. The van der Waals surface area contributed by atoms with Gasteiger partial charge >= 0.3 is 0 Å². The Balaban J connectivity index is 1.51. The number of nitrogens with one attached hydrogen (secondary N) is 1. The van der Waals surface area contributed by atoms with Crippen molar-refractivity contribution < 1.29 is 14.3 Å². The van der Waals surface area contributed by atoms with Crippen LogP contribution >= 0.6 is 23.4 Å². The fourth-order valence-electron chi connectivity index (χ4n) is 3.08. The van der Waals surface area contributed by atoms with Crippen molar-refractivity contribution in [3.63, 3.8) is 0 Å². The Labute approximate surface area is 200 Å². The third kappa shape index (κ3) is 5.66. The van der Waals surface area contributed by atoms with E-state index in [1.54, 1.807) is 19.2 Å². The molecule has 1 heterocycles. The van der Waals surface area contributed by atoms with E-state index in [1.165, 1.54) is 11.8 Å². The van der Waals surface area contributed by atoms with E-state index < -0.39 is 0 Å². The molecular weight excluding hydrogens is 460 g/mol. The number of rotatable bonds is 9. The average molecular weight is 481 g/mol. The van der Waals surface area contributed by atoms with E-state index in [0.29, 0.717) is 33.2 Å². The third-order valence-electron chi connectivity index (χ3n) is 4.62. The van der Waals surface area contributed by atoms with Crippen LogP contribution in [0.25, 0.3) is 5.69 Å². The molecule has 0 saturated heterocycles. The summed E-state index contributed by atoms with van der Waals surface area (Å²) in [7, 11) is 1.59. The van der Waals surface area contributed by atoms with Gasteiger partial charge in [-0.15, -0.1) is 10.2 Å². The Bertz CT molecular complexity index is 1230. The summed E-state index contributed by atoms with van der Waals surface area (Å²) < 4.78 is 13.2. The second kappa shape index (κ2) is 10.9. The number of hydrogen-bond acceptors (Lipinski definition) is 6. The molecule has 4 aromatic rings. The first kappa shape index (κ1) is 22.7. The molecule has 0 saturated carbocycles. The summed E-state index contributed by atoms with van der Waals surface area (Å²) in [6.07, 6.45) is 0. The molecule has 1 aromatic heterocycles. The number of anilines is 1. The van der Waals surface area contributed by atoms with E-state index in [1.807, 2.05) is 71.3 Å². The van der Waals surface area contributed by atoms with Gasteiger partial charge in [-0.25, -0.2) is 0 Å². The molecule has 33 heavy (non-hydrogen) atoms. The first-order chi connectivity index (χ1) is 16.2. The van der Waals surface area contributed by atoms with Gasteiger partial charge in [0.1, 0.15) is 6.61 Å². The van der Waals surface area contributed by atoms with Gasteiger partial charge in [0.15, 0.2) is 22.5 Å². The van der Waals surface area contributed by atoms with Gasteiger partial charge in [0.05, 0.1) is 23.6 Å². The number of halogens is 1. The highest BCUT2D eigenvalue weighted by Crippen LogP contribution is 2.28. The summed E-state index contributed by atoms with van der Waals surface area (Å²) >= 11 is 7.41. The Hall–Kier alpha value is -3.49. The molecule has 0 aliphatic carbocycles. The van der Waals surface area contributed by atoms with E-state index >= 15 is 0 Å². The standard InChI is InChI=1S/C24H21ClN4O3S/c1-31-20-13-7-8-14-21(20)32-15-22-27-28-24(29(22)17-9-3-2-4-10-17)33-16-23(30)26-19-12-6-5-11-18(19)25/h2-14H,15-16H2,1H3,(H,26,30). The number of carbonyl (C=O) groups is 1. The van der Waals surface area contributed by atoms with Crippen molar-refractivity contribution in [2.75, 3.05) is 18.2 Å². The maximum absolute atomic E-state index is 12.5. The number of para-hydroxylation sites is 4. The van der Waals surface area contributed by atoms with Gasteiger partial charge in [-0.1, -0.05) is 65.8 Å². The van der Waals surface area contributed by atoms with Gasteiger partial charge in [0, 0.05) is 5.69 Å². The lowest BCUT2D eigenvalue weighted by Gasteiger charge is -2.12. The molecule has 0 fully saturated rings. The van der Waals surface area contributed by atoms with E-state index in [2.05, 4.69) is 15.5 Å². The second-order valence-electron chi connectivity index (χ2n) is 6.83. The molecule has 3 aromatic carbocycles. The predicted octanol–water partition coefficient (Wildman–Crippen LogP) is 5.24. The minimum absolute atomic E-state index is 0.142. The molecule has 0 atom stereocenters. The van der Waals surface area contributed by atoms with E-state index in [-0.39, 0.29) is 18.3 Å². The largest absolute Gasteiger partial charge is 0.493 e. The summed E-state index contributed by atoms with van der Waals surface area (Å²) in [6, 6.07) is 24.2. The van der Waals surface area contributed by atoms with Crippen molar-refractivity contribution in [3.8, 4) is 17.2 Å². The molecule has 0 aliphatic rings. The Morgan fingerprint density at radius 1 is 0.970 bits per heavy atom. The zero-order valence-corrected chi connectivity index (χ0v) is 19.3.